The topological polar surface area (TPSA) is 95.9 Å². The van der Waals surface area contributed by atoms with Crippen LogP contribution < -0.4 is 10.1 Å². The average molecular weight is 463 g/mol. The van der Waals surface area contributed by atoms with Crippen LogP contribution in [0.5, 0.6) is 5.75 Å². The molecule has 9 heteroatoms. The van der Waals surface area contributed by atoms with Crippen molar-refractivity contribution in [2.75, 3.05) is 32.8 Å². The summed E-state index contributed by atoms with van der Waals surface area (Å²) in [5.74, 6) is -1.17. The molecule has 2 aromatic rings. The van der Waals surface area contributed by atoms with E-state index in [1.165, 1.54) is 36.4 Å². The van der Waals surface area contributed by atoms with E-state index in [9.17, 15) is 18.8 Å². The molecular formula is C23H24ClFN2O5. The first-order chi connectivity index (χ1) is 15.4. The van der Waals surface area contributed by atoms with E-state index in [1.807, 2.05) is 0 Å². The Bertz CT molecular complexity index is 975. The van der Waals surface area contributed by atoms with Crippen molar-refractivity contribution in [1.82, 2.24) is 10.2 Å². The van der Waals surface area contributed by atoms with Gasteiger partial charge >= 0.3 is 0 Å². The third-order valence-electron chi connectivity index (χ3n) is 5.28. The van der Waals surface area contributed by atoms with Gasteiger partial charge in [-0.3, -0.25) is 14.4 Å². The first kappa shape index (κ1) is 23.7. The molecule has 1 fully saturated rings. The summed E-state index contributed by atoms with van der Waals surface area (Å²) >= 11 is 5.96. The molecule has 1 aliphatic rings. The number of benzene rings is 2. The Labute approximate surface area is 190 Å². The Morgan fingerprint density at radius 3 is 2.47 bits per heavy atom. The summed E-state index contributed by atoms with van der Waals surface area (Å²) in [6, 6.07) is 9.97. The lowest BCUT2D eigenvalue weighted by atomic mass is 9.89. The minimum absolute atomic E-state index is 0.0481. The molecule has 0 saturated carbocycles. The molecule has 0 aliphatic carbocycles. The molecule has 0 bridgehead atoms. The smallest absolute Gasteiger partial charge is 0.260 e. The summed E-state index contributed by atoms with van der Waals surface area (Å²) in [7, 11) is 0. The molecule has 0 radical (unpaired) electrons. The zero-order valence-electron chi connectivity index (χ0n) is 17.4. The standard InChI is InChI=1S/C23H24ClFN2O5/c24-17-3-6-20(19(13-17)23(31)26-9-12-28)32-14-21(29)27-10-7-16(8-11-27)22(30)15-1-4-18(25)5-2-15/h1-6,13,16,28H,7-12,14H2,(H,26,31). The number of likely N-dealkylation sites (tertiary alicyclic amines) is 1. The number of nitrogens with zero attached hydrogens (tertiary/aromatic N) is 1. The normalized spacial score (nSPS) is 14.2. The van der Waals surface area contributed by atoms with Crippen molar-refractivity contribution in [2.45, 2.75) is 12.8 Å². The molecule has 2 amide bonds. The third-order valence-corrected chi connectivity index (χ3v) is 5.52. The molecule has 1 heterocycles. The molecule has 1 aliphatic heterocycles. The first-order valence-corrected chi connectivity index (χ1v) is 10.7. The lowest BCUT2D eigenvalue weighted by Gasteiger charge is -2.31. The van der Waals surface area contributed by atoms with Crippen LogP contribution in [-0.2, 0) is 4.79 Å². The fourth-order valence-corrected chi connectivity index (χ4v) is 3.71. The van der Waals surface area contributed by atoms with Gasteiger partial charge in [-0.15, -0.1) is 0 Å². The van der Waals surface area contributed by atoms with E-state index in [0.29, 0.717) is 36.5 Å². The van der Waals surface area contributed by atoms with Gasteiger partial charge in [0.15, 0.2) is 12.4 Å². The van der Waals surface area contributed by atoms with E-state index in [4.69, 9.17) is 21.4 Å². The number of nitrogens with one attached hydrogen (secondary N) is 1. The zero-order valence-corrected chi connectivity index (χ0v) is 18.1. The number of Topliss-reactive ketones (excluding diaryl/α,β-unsaturated/α-hetero) is 1. The van der Waals surface area contributed by atoms with Crippen molar-refractivity contribution in [1.29, 1.82) is 0 Å². The second kappa shape index (κ2) is 11.1. The predicted octanol–water partition coefficient (Wildman–Crippen LogP) is 2.70. The van der Waals surface area contributed by atoms with E-state index in [0.717, 1.165) is 0 Å². The third kappa shape index (κ3) is 6.05. The number of aliphatic hydroxyl groups excluding tert-OH is 1. The number of hydrogen-bond donors (Lipinski definition) is 2. The number of hydrogen-bond acceptors (Lipinski definition) is 5. The van der Waals surface area contributed by atoms with Gasteiger partial charge in [0.2, 0.25) is 0 Å². The number of amides is 2. The summed E-state index contributed by atoms with van der Waals surface area (Å²) in [4.78, 5) is 39.0. The highest BCUT2D eigenvalue weighted by Gasteiger charge is 2.28. The molecule has 7 nitrogen and oxygen atoms in total. The number of halogens is 2. The van der Waals surface area contributed by atoms with Crippen LogP contribution in [0.4, 0.5) is 4.39 Å². The van der Waals surface area contributed by atoms with Gasteiger partial charge in [-0.05, 0) is 55.3 Å². The molecule has 2 N–H and O–H groups in total. The lowest BCUT2D eigenvalue weighted by Crippen LogP contribution is -2.42. The molecule has 2 aromatic carbocycles. The van der Waals surface area contributed by atoms with Gasteiger partial charge in [-0.2, -0.15) is 0 Å². The van der Waals surface area contributed by atoms with Crippen LogP contribution in [0.3, 0.4) is 0 Å². The van der Waals surface area contributed by atoms with Crippen molar-refractivity contribution >= 4 is 29.2 Å². The Hall–Kier alpha value is -2.97. The van der Waals surface area contributed by atoms with Crippen molar-refractivity contribution in [3.8, 4) is 5.75 Å². The summed E-state index contributed by atoms with van der Waals surface area (Å²) in [6.07, 6.45) is 1.02. The molecule has 0 unspecified atom stereocenters. The summed E-state index contributed by atoms with van der Waals surface area (Å²) in [5.41, 5.74) is 0.636. The van der Waals surface area contributed by atoms with Crippen LogP contribution >= 0.6 is 11.6 Å². The minimum Gasteiger partial charge on any atom is -0.483 e. The van der Waals surface area contributed by atoms with Crippen LogP contribution in [0, 0.1) is 11.7 Å². The van der Waals surface area contributed by atoms with Crippen LogP contribution in [0.25, 0.3) is 0 Å². The second-order valence-corrected chi connectivity index (χ2v) is 7.87. The monoisotopic (exact) mass is 462 g/mol. The minimum atomic E-state index is -0.468. The van der Waals surface area contributed by atoms with Crippen LogP contribution in [0.15, 0.2) is 42.5 Å². The number of piperidine rings is 1. The molecule has 0 aromatic heterocycles. The molecule has 1 saturated heterocycles. The van der Waals surface area contributed by atoms with E-state index in [2.05, 4.69) is 5.32 Å². The summed E-state index contributed by atoms with van der Waals surface area (Å²) < 4.78 is 18.7. The number of ether oxygens (including phenoxy) is 1. The summed E-state index contributed by atoms with van der Waals surface area (Å²) in [5, 5.41) is 11.7. The Balaban J connectivity index is 1.54. The van der Waals surface area contributed by atoms with Gasteiger partial charge < -0.3 is 20.1 Å². The second-order valence-electron chi connectivity index (χ2n) is 7.43. The van der Waals surface area contributed by atoms with Gasteiger partial charge in [-0.25, -0.2) is 4.39 Å². The first-order valence-electron chi connectivity index (χ1n) is 10.3. The van der Waals surface area contributed by atoms with Crippen LogP contribution in [0.2, 0.25) is 5.02 Å². The fraction of sp³-hybridized carbons (Fsp3) is 0.348. The van der Waals surface area contributed by atoms with E-state index >= 15 is 0 Å². The Kier molecular flexibility index (Phi) is 8.19. The van der Waals surface area contributed by atoms with E-state index in [-0.39, 0.29) is 48.7 Å². The molecule has 3 rings (SSSR count). The van der Waals surface area contributed by atoms with Gasteiger partial charge in [0.25, 0.3) is 11.8 Å². The van der Waals surface area contributed by atoms with E-state index in [1.54, 1.807) is 11.0 Å². The maximum Gasteiger partial charge on any atom is 0.260 e. The van der Waals surface area contributed by atoms with Crippen molar-refractivity contribution < 1.29 is 28.6 Å². The highest BCUT2D eigenvalue weighted by Crippen LogP contribution is 2.25. The van der Waals surface area contributed by atoms with Gasteiger partial charge in [0, 0.05) is 36.1 Å². The maximum atomic E-state index is 13.1. The average Bonchev–Trinajstić information content (AvgIpc) is 2.81. The number of carbonyl (C=O) groups excluding carboxylic acids is 3. The van der Waals surface area contributed by atoms with Gasteiger partial charge in [-0.1, -0.05) is 11.6 Å². The molecule has 170 valence electrons. The van der Waals surface area contributed by atoms with Gasteiger partial charge in [0.05, 0.1) is 12.2 Å². The number of aliphatic hydroxyl groups is 1. The summed E-state index contributed by atoms with van der Waals surface area (Å²) in [6.45, 7) is 0.420. The van der Waals surface area contributed by atoms with E-state index < -0.39 is 11.7 Å². The molecule has 0 spiro atoms. The predicted molar refractivity (Wildman–Crippen MR) is 116 cm³/mol. The highest BCUT2D eigenvalue weighted by molar-refractivity contribution is 6.31. The van der Waals surface area contributed by atoms with Crippen LogP contribution in [-0.4, -0.2) is 60.5 Å². The Morgan fingerprint density at radius 1 is 1.12 bits per heavy atom. The van der Waals surface area contributed by atoms with Gasteiger partial charge in [0.1, 0.15) is 11.6 Å². The zero-order chi connectivity index (χ0) is 23.1. The largest absolute Gasteiger partial charge is 0.483 e. The van der Waals surface area contributed by atoms with Crippen LogP contribution in [0.1, 0.15) is 33.6 Å². The van der Waals surface area contributed by atoms with Crippen molar-refractivity contribution in [3.05, 3.63) is 64.4 Å². The quantitative estimate of drug-likeness (QED) is 0.588. The highest BCUT2D eigenvalue weighted by atomic mass is 35.5. The SMILES string of the molecule is O=C(NCCO)c1cc(Cl)ccc1OCC(=O)N1CCC(C(=O)c2ccc(F)cc2)CC1. The molecule has 32 heavy (non-hydrogen) atoms. The fourth-order valence-electron chi connectivity index (χ4n) is 3.54. The number of rotatable bonds is 8. The maximum absolute atomic E-state index is 13.1. The van der Waals surface area contributed by atoms with Crippen molar-refractivity contribution in [3.63, 3.8) is 0 Å². The van der Waals surface area contributed by atoms with Crippen molar-refractivity contribution in [2.24, 2.45) is 5.92 Å². The molecule has 0 atom stereocenters. The Morgan fingerprint density at radius 2 is 1.81 bits per heavy atom. The number of carbonyl (C=O) groups is 3. The molecular weight excluding hydrogens is 439 g/mol. The number of ketones is 1. The lowest BCUT2D eigenvalue weighted by molar-refractivity contribution is -0.134.